The molecule has 2 aromatic rings. The van der Waals surface area contributed by atoms with Gasteiger partial charge in [0.25, 0.3) is 5.91 Å². The number of hydrogen-bond acceptors (Lipinski definition) is 5. The first-order chi connectivity index (χ1) is 12.6. The van der Waals surface area contributed by atoms with Crippen LogP contribution in [0.4, 0.5) is 13.2 Å². The number of sulfone groups is 1. The molecule has 0 spiro atoms. The maximum absolute atomic E-state index is 12.7. The molecule has 0 unspecified atom stereocenters. The van der Waals surface area contributed by atoms with Gasteiger partial charge in [-0.15, -0.1) is 11.3 Å². The summed E-state index contributed by atoms with van der Waals surface area (Å²) >= 11 is 1.17. The van der Waals surface area contributed by atoms with Crippen LogP contribution in [0.5, 0.6) is 0 Å². The van der Waals surface area contributed by atoms with Crippen LogP contribution in [0, 0.1) is 5.92 Å². The lowest BCUT2D eigenvalue weighted by Gasteiger charge is -2.15. The number of carbonyl (C=O) groups is 1. The zero-order valence-electron chi connectivity index (χ0n) is 13.9. The molecule has 27 heavy (non-hydrogen) atoms. The van der Waals surface area contributed by atoms with Crippen molar-refractivity contribution in [2.75, 3.05) is 18.8 Å². The van der Waals surface area contributed by atoms with E-state index in [9.17, 15) is 26.4 Å². The average molecular weight is 416 g/mol. The third-order valence-electron chi connectivity index (χ3n) is 5.09. The molecule has 1 aromatic carbocycles. The monoisotopic (exact) mass is 416 g/mol. The highest BCUT2D eigenvalue weighted by atomic mass is 32.2. The number of likely N-dealkylation sites (tertiary alicyclic amines) is 1. The number of hydrogen-bond donors (Lipinski definition) is 0. The van der Waals surface area contributed by atoms with Crippen molar-refractivity contribution in [1.29, 1.82) is 0 Å². The topological polar surface area (TPSA) is 67.3 Å². The van der Waals surface area contributed by atoms with Crippen LogP contribution >= 0.6 is 11.3 Å². The van der Waals surface area contributed by atoms with Gasteiger partial charge >= 0.3 is 6.18 Å². The molecular formula is C17H15F3N2O3S2. The third-order valence-corrected chi connectivity index (χ3v) is 8.24. The number of rotatable bonds is 2. The lowest BCUT2D eigenvalue weighted by molar-refractivity contribution is -0.137. The van der Waals surface area contributed by atoms with Crippen LogP contribution < -0.4 is 0 Å². The van der Waals surface area contributed by atoms with Gasteiger partial charge < -0.3 is 4.90 Å². The molecule has 10 heteroatoms. The fraction of sp³-hybridized carbons (Fsp3) is 0.412. The Morgan fingerprint density at radius 2 is 1.89 bits per heavy atom. The summed E-state index contributed by atoms with van der Waals surface area (Å²) in [6.45, 7) is 0.578. The van der Waals surface area contributed by atoms with Gasteiger partial charge in [-0.1, -0.05) is 12.1 Å². The average Bonchev–Trinajstić information content (AvgIpc) is 3.31. The van der Waals surface area contributed by atoms with Crippen LogP contribution in [0.25, 0.3) is 10.6 Å². The molecule has 4 rings (SSSR count). The zero-order chi connectivity index (χ0) is 19.4. The van der Waals surface area contributed by atoms with Gasteiger partial charge in [0.1, 0.15) is 10.7 Å². The highest BCUT2D eigenvalue weighted by Crippen LogP contribution is 2.35. The van der Waals surface area contributed by atoms with Gasteiger partial charge in [0, 0.05) is 24.0 Å². The molecule has 3 heterocycles. The lowest BCUT2D eigenvalue weighted by Crippen LogP contribution is -2.32. The molecule has 2 aliphatic rings. The fourth-order valence-corrected chi connectivity index (χ4v) is 6.58. The molecule has 2 saturated heterocycles. The second kappa shape index (κ2) is 6.30. The van der Waals surface area contributed by atoms with Crippen LogP contribution in [-0.4, -0.2) is 48.3 Å². The Hall–Kier alpha value is -1.94. The van der Waals surface area contributed by atoms with Crippen molar-refractivity contribution in [3.8, 4) is 10.6 Å². The maximum Gasteiger partial charge on any atom is 0.416 e. The Bertz CT molecular complexity index is 984. The molecule has 2 atom stereocenters. The molecule has 0 saturated carbocycles. The molecule has 0 N–H and O–H groups in total. The molecule has 5 nitrogen and oxygen atoms in total. The third kappa shape index (κ3) is 3.36. The van der Waals surface area contributed by atoms with E-state index in [1.54, 1.807) is 5.38 Å². The van der Waals surface area contributed by atoms with Gasteiger partial charge in [-0.05, 0) is 24.5 Å². The quantitative estimate of drug-likeness (QED) is 0.755. The minimum atomic E-state index is -4.41. The number of amides is 1. The maximum atomic E-state index is 12.7. The first kappa shape index (κ1) is 18.4. The minimum Gasteiger partial charge on any atom is -0.336 e. The summed E-state index contributed by atoms with van der Waals surface area (Å²) in [5, 5.41) is 1.51. The van der Waals surface area contributed by atoms with Gasteiger partial charge in [-0.25, -0.2) is 13.4 Å². The van der Waals surface area contributed by atoms with Crippen molar-refractivity contribution in [3.05, 3.63) is 40.9 Å². The predicted octanol–water partition coefficient (Wildman–Crippen LogP) is 3.09. The molecular weight excluding hydrogens is 401 g/mol. The number of fused-ring (bicyclic) bond motifs is 1. The summed E-state index contributed by atoms with van der Waals surface area (Å²) in [6.07, 6.45) is -3.83. The van der Waals surface area contributed by atoms with E-state index in [0.29, 0.717) is 23.5 Å². The van der Waals surface area contributed by atoms with Gasteiger partial charge in [0.2, 0.25) is 0 Å². The first-order valence-corrected chi connectivity index (χ1v) is 10.9. The Balaban J connectivity index is 1.51. The summed E-state index contributed by atoms with van der Waals surface area (Å²) in [5.41, 5.74) is -0.0656. The highest BCUT2D eigenvalue weighted by molar-refractivity contribution is 7.92. The van der Waals surface area contributed by atoms with Crippen LogP contribution in [0.1, 0.15) is 22.5 Å². The Morgan fingerprint density at radius 3 is 2.52 bits per heavy atom. The van der Waals surface area contributed by atoms with Crippen molar-refractivity contribution in [2.45, 2.75) is 17.8 Å². The Labute approximate surface area is 157 Å². The summed E-state index contributed by atoms with van der Waals surface area (Å²) < 4.78 is 62.0. The van der Waals surface area contributed by atoms with Crippen molar-refractivity contribution in [1.82, 2.24) is 9.88 Å². The molecule has 0 bridgehead atoms. The number of benzene rings is 1. The molecule has 1 aromatic heterocycles. The predicted molar refractivity (Wildman–Crippen MR) is 94.1 cm³/mol. The first-order valence-electron chi connectivity index (χ1n) is 8.29. The van der Waals surface area contributed by atoms with Gasteiger partial charge in [0.05, 0.1) is 16.6 Å². The van der Waals surface area contributed by atoms with Crippen LogP contribution in [0.3, 0.4) is 0 Å². The van der Waals surface area contributed by atoms with E-state index in [0.717, 1.165) is 12.1 Å². The number of aromatic nitrogens is 1. The standard InChI is InChI=1S/C17H15F3N2O3S2/c18-17(19,20)12-3-1-10(2-4-12)15-21-13(9-26-15)16(23)22-7-11-5-6-27(24,25)14(11)8-22/h1-4,9,11,14H,5-8H2/t11-,14+/m0/s1. The molecule has 1 amide bonds. The van der Waals surface area contributed by atoms with Crippen LogP contribution in [0.15, 0.2) is 29.6 Å². The highest BCUT2D eigenvalue weighted by Gasteiger charge is 2.47. The van der Waals surface area contributed by atoms with E-state index in [1.807, 2.05) is 0 Å². The van der Waals surface area contributed by atoms with Crippen LogP contribution in [-0.2, 0) is 16.0 Å². The number of alkyl halides is 3. The van der Waals surface area contributed by atoms with Crippen LogP contribution in [0.2, 0.25) is 0 Å². The summed E-state index contributed by atoms with van der Waals surface area (Å²) in [6, 6.07) is 4.60. The molecule has 2 fully saturated rings. The zero-order valence-corrected chi connectivity index (χ0v) is 15.6. The molecule has 0 radical (unpaired) electrons. The molecule has 2 aliphatic heterocycles. The summed E-state index contributed by atoms with van der Waals surface area (Å²) in [7, 11) is -3.13. The summed E-state index contributed by atoms with van der Waals surface area (Å²) in [4.78, 5) is 18.4. The Kier molecular flexibility index (Phi) is 4.30. The SMILES string of the molecule is O=C(c1csc(-c2ccc(C(F)(F)F)cc2)n1)N1C[C@@H]2CCS(=O)(=O)[C@@H]2C1. The van der Waals surface area contributed by atoms with Gasteiger partial charge in [-0.2, -0.15) is 13.2 Å². The normalized spacial score (nSPS) is 24.2. The van der Waals surface area contributed by atoms with Crippen molar-refractivity contribution in [3.63, 3.8) is 0 Å². The number of carbonyl (C=O) groups excluding carboxylic acids is 1. The molecule has 0 aliphatic carbocycles. The van der Waals surface area contributed by atoms with Crippen molar-refractivity contribution < 1.29 is 26.4 Å². The van der Waals surface area contributed by atoms with E-state index < -0.39 is 26.8 Å². The number of halogens is 3. The fourth-order valence-electron chi connectivity index (χ4n) is 3.63. The largest absolute Gasteiger partial charge is 0.416 e. The van der Waals surface area contributed by atoms with Crippen molar-refractivity contribution in [2.24, 2.45) is 5.92 Å². The van der Waals surface area contributed by atoms with E-state index in [-0.39, 0.29) is 29.8 Å². The van der Waals surface area contributed by atoms with E-state index in [1.165, 1.54) is 28.4 Å². The number of nitrogens with zero attached hydrogens (tertiary/aromatic N) is 2. The lowest BCUT2D eigenvalue weighted by atomic mass is 10.1. The Morgan fingerprint density at radius 1 is 1.19 bits per heavy atom. The van der Waals surface area contributed by atoms with E-state index >= 15 is 0 Å². The van der Waals surface area contributed by atoms with E-state index in [2.05, 4.69) is 4.98 Å². The van der Waals surface area contributed by atoms with Gasteiger partial charge in [-0.3, -0.25) is 4.79 Å². The second-order valence-corrected chi connectivity index (χ2v) is 9.97. The second-order valence-electron chi connectivity index (χ2n) is 6.78. The number of thiazole rings is 1. The van der Waals surface area contributed by atoms with Crippen molar-refractivity contribution >= 4 is 27.1 Å². The molecule has 144 valence electrons. The summed E-state index contributed by atoms with van der Waals surface area (Å²) in [5.74, 6) is -0.181. The van der Waals surface area contributed by atoms with E-state index in [4.69, 9.17) is 0 Å². The van der Waals surface area contributed by atoms with Gasteiger partial charge in [0.15, 0.2) is 9.84 Å². The minimum absolute atomic E-state index is 0.0213. The smallest absolute Gasteiger partial charge is 0.336 e.